The van der Waals surface area contributed by atoms with E-state index in [4.69, 9.17) is 4.74 Å². The second-order valence-corrected chi connectivity index (χ2v) is 4.17. The third-order valence-electron chi connectivity index (χ3n) is 2.23. The van der Waals surface area contributed by atoms with Crippen LogP contribution in [-0.2, 0) is 0 Å². The fraction of sp³-hybridized carbons (Fsp3) is 0. The Kier molecular flexibility index (Phi) is 2.49. The summed E-state index contributed by atoms with van der Waals surface area (Å²) in [6.07, 6.45) is 2.99. The minimum Gasteiger partial charge on any atom is -0.436 e. The van der Waals surface area contributed by atoms with Crippen molar-refractivity contribution in [2.45, 2.75) is 0 Å². The standard InChI is InChI=1S/C11H7BrN4O/c12-7-3-1-2-4-8(7)17-11-9-10(14-5-13-9)15-6-16-11/h1-6H,(H,13,14,15,16). The van der Waals surface area contributed by atoms with Gasteiger partial charge in [-0.1, -0.05) is 12.1 Å². The predicted octanol–water partition coefficient (Wildman–Crippen LogP) is 2.91. The summed E-state index contributed by atoms with van der Waals surface area (Å²) in [5, 5.41) is 0. The Morgan fingerprint density at radius 2 is 2.00 bits per heavy atom. The molecule has 0 spiro atoms. The molecule has 0 radical (unpaired) electrons. The van der Waals surface area contributed by atoms with Crippen LogP contribution >= 0.6 is 15.9 Å². The Morgan fingerprint density at radius 3 is 2.88 bits per heavy atom. The largest absolute Gasteiger partial charge is 0.436 e. The van der Waals surface area contributed by atoms with Crippen molar-refractivity contribution in [2.75, 3.05) is 0 Å². The van der Waals surface area contributed by atoms with Crippen LogP contribution in [0.1, 0.15) is 0 Å². The number of rotatable bonds is 2. The van der Waals surface area contributed by atoms with E-state index in [1.807, 2.05) is 24.3 Å². The van der Waals surface area contributed by atoms with Crippen LogP contribution in [0.25, 0.3) is 11.2 Å². The Labute approximate surface area is 105 Å². The summed E-state index contributed by atoms with van der Waals surface area (Å²) in [6.45, 7) is 0. The fourth-order valence-corrected chi connectivity index (χ4v) is 1.82. The van der Waals surface area contributed by atoms with E-state index in [1.165, 1.54) is 6.33 Å². The molecule has 0 fully saturated rings. The van der Waals surface area contributed by atoms with Crippen molar-refractivity contribution in [3.8, 4) is 11.6 Å². The van der Waals surface area contributed by atoms with Gasteiger partial charge in [-0.15, -0.1) is 0 Å². The second-order valence-electron chi connectivity index (χ2n) is 3.31. The summed E-state index contributed by atoms with van der Waals surface area (Å²) in [5.41, 5.74) is 1.27. The number of halogens is 1. The van der Waals surface area contributed by atoms with Crippen molar-refractivity contribution < 1.29 is 4.74 Å². The van der Waals surface area contributed by atoms with Gasteiger partial charge in [0.1, 0.15) is 17.6 Å². The number of hydrogen-bond donors (Lipinski definition) is 1. The molecule has 0 atom stereocenters. The van der Waals surface area contributed by atoms with Crippen LogP contribution < -0.4 is 4.74 Å². The Morgan fingerprint density at radius 1 is 1.12 bits per heavy atom. The van der Waals surface area contributed by atoms with Gasteiger partial charge < -0.3 is 9.72 Å². The number of fused-ring (bicyclic) bond motifs is 1. The maximum absolute atomic E-state index is 5.71. The number of hydrogen-bond acceptors (Lipinski definition) is 4. The summed E-state index contributed by atoms with van der Waals surface area (Å²) in [5.74, 6) is 1.15. The minimum atomic E-state index is 0.458. The molecule has 0 aliphatic rings. The van der Waals surface area contributed by atoms with Crippen LogP contribution in [0.15, 0.2) is 41.4 Å². The monoisotopic (exact) mass is 290 g/mol. The van der Waals surface area contributed by atoms with Gasteiger partial charge in [0, 0.05) is 0 Å². The molecule has 5 nitrogen and oxygen atoms in total. The van der Waals surface area contributed by atoms with Crippen molar-refractivity contribution in [3.63, 3.8) is 0 Å². The van der Waals surface area contributed by atoms with Crippen LogP contribution in [-0.4, -0.2) is 19.9 Å². The van der Waals surface area contributed by atoms with Gasteiger partial charge in [-0.3, -0.25) is 0 Å². The van der Waals surface area contributed by atoms with E-state index in [0.29, 0.717) is 22.8 Å². The lowest BCUT2D eigenvalue weighted by Crippen LogP contribution is -1.91. The molecule has 1 N–H and O–H groups in total. The molecule has 84 valence electrons. The maximum atomic E-state index is 5.71. The number of imidazole rings is 1. The van der Waals surface area contributed by atoms with Gasteiger partial charge in [-0.05, 0) is 28.1 Å². The second kappa shape index (κ2) is 4.14. The predicted molar refractivity (Wildman–Crippen MR) is 65.9 cm³/mol. The Hall–Kier alpha value is -1.95. The smallest absolute Gasteiger partial charge is 0.248 e. The normalized spacial score (nSPS) is 10.6. The number of benzene rings is 1. The highest BCUT2D eigenvalue weighted by Gasteiger charge is 2.09. The van der Waals surface area contributed by atoms with E-state index >= 15 is 0 Å². The molecule has 3 rings (SSSR count). The first kappa shape index (κ1) is 10.2. The van der Waals surface area contributed by atoms with Gasteiger partial charge in [-0.25, -0.2) is 9.97 Å². The lowest BCUT2D eigenvalue weighted by molar-refractivity contribution is 0.464. The first-order chi connectivity index (χ1) is 8.34. The van der Waals surface area contributed by atoms with Gasteiger partial charge in [-0.2, -0.15) is 4.98 Å². The van der Waals surface area contributed by atoms with Crippen molar-refractivity contribution in [1.29, 1.82) is 0 Å². The van der Waals surface area contributed by atoms with Gasteiger partial charge in [0.05, 0.1) is 10.8 Å². The van der Waals surface area contributed by atoms with Crippen LogP contribution in [0.4, 0.5) is 0 Å². The number of aromatic nitrogens is 4. The van der Waals surface area contributed by atoms with E-state index in [9.17, 15) is 0 Å². The van der Waals surface area contributed by atoms with Crippen molar-refractivity contribution in [1.82, 2.24) is 19.9 Å². The molecule has 0 aliphatic carbocycles. The highest BCUT2D eigenvalue weighted by molar-refractivity contribution is 9.10. The molecule has 0 saturated carbocycles. The molecule has 2 heterocycles. The van der Waals surface area contributed by atoms with Crippen molar-refractivity contribution in [2.24, 2.45) is 0 Å². The molecule has 6 heteroatoms. The molecule has 2 aromatic heterocycles. The average Bonchev–Trinajstić information content (AvgIpc) is 2.81. The minimum absolute atomic E-state index is 0.458. The lowest BCUT2D eigenvalue weighted by Gasteiger charge is -2.06. The quantitative estimate of drug-likeness (QED) is 0.788. The van der Waals surface area contributed by atoms with E-state index in [-0.39, 0.29) is 0 Å². The zero-order chi connectivity index (χ0) is 11.7. The first-order valence-electron chi connectivity index (χ1n) is 4.91. The topological polar surface area (TPSA) is 63.7 Å². The molecule has 3 aromatic rings. The molecule has 17 heavy (non-hydrogen) atoms. The number of ether oxygens (including phenoxy) is 1. The number of para-hydroxylation sites is 1. The van der Waals surface area contributed by atoms with Crippen LogP contribution in [0, 0.1) is 0 Å². The fourth-order valence-electron chi connectivity index (χ4n) is 1.45. The zero-order valence-corrected chi connectivity index (χ0v) is 10.2. The Balaban J connectivity index is 2.06. The third-order valence-corrected chi connectivity index (χ3v) is 2.89. The van der Waals surface area contributed by atoms with Crippen LogP contribution in [0.3, 0.4) is 0 Å². The average molecular weight is 291 g/mol. The van der Waals surface area contributed by atoms with E-state index in [2.05, 4.69) is 35.9 Å². The number of H-pyrrole nitrogens is 1. The van der Waals surface area contributed by atoms with Crippen molar-refractivity contribution in [3.05, 3.63) is 41.4 Å². The summed E-state index contributed by atoms with van der Waals surface area (Å²) < 4.78 is 6.58. The maximum Gasteiger partial charge on any atom is 0.248 e. The molecule has 0 aliphatic heterocycles. The molecular weight excluding hydrogens is 284 g/mol. The highest BCUT2D eigenvalue weighted by atomic mass is 79.9. The summed E-state index contributed by atoms with van der Waals surface area (Å²) in [4.78, 5) is 15.1. The van der Waals surface area contributed by atoms with Crippen LogP contribution in [0.5, 0.6) is 11.6 Å². The Bertz CT molecular complexity index is 667. The third kappa shape index (κ3) is 1.87. The number of nitrogens with zero attached hydrogens (tertiary/aromatic N) is 3. The SMILES string of the molecule is Brc1ccccc1Oc1ncnc2nc[nH]c12. The first-order valence-corrected chi connectivity index (χ1v) is 5.70. The lowest BCUT2D eigenvalue weighted by atomic mass is 10.3. The zero-order valence-electron chi connectivity index (χ0n) is 8.59. The molecule has 0 bridgehead atoms. The van der Waals surface area contributed by atoms with Crippen molar-refractivity contribution >= 4 is 27.1 Å². The van der Waals surface area contributed by atoms with Gasteiger partial charge in [0.15, 0.2) is 5.65 Å². The molecule has 0 amide bonds. The summed E-state index contributed by atoms with van der Waals surface area (Å²) in [6, 6.07) is 7.57. The van der Waals surface area contributed by atoms with E-state index in [1.54, 1.807) is 6.33 Å². The highest BCUT2D eigenvalue weighted by Crippen LogP contribution is 2.30. The molecule has 1 aromatic carbocycles. The molecule has 0 unspecified atom stereocenters. The molecule has 0 saturated heterocycles. The van der Waals surface area contributed by atoms with Crippen LogP contribution in [0.2, 0.25) is 0 Å². The van der Waals surface area contributed by atoms with Gasteiger partial charge in [0.2, 0.25) is 5.88 Å². The summed E-state index contributed by atoms with van der Waals surface area (Å²) >= 11 is 3.41. The molecular formula is C11H7BrN4O. The van der Waals surface area contributed by atoms with Gasteiger partial charge in [0.25, 0.3) is 0 Å². The van der Waals surface area contributed by atoms with Gasteiger partial charge >= 0.3 is 0 Å². The number of nitrogens with one attached hydrogen (secondary N) is 1. The van der Waals surface area contributed by atoms with E-state index < -0.39 is 0 Å². The number of aromatic amines is 1. The van der Waals surface area contributed by atoms with E-state index in [0.717, 1.165) is 4.47 Å². The summed E-state index contributed by atoms with van der Waals surface area (Å²) in [7, 11) is 0.